The number of benzene rings is 1. The van der Waals surface area contributed by atoms with E-state index in [-0.39, 0.29) is 5.91 Å². The Morgan fingerprint density at radius 1 is 1.29 bits per heavy atom. The van der Waals surface area contributed by atoms with Crippen molar-refractivity contribution in [2.45, 2.75) is 39.2 Å². The van der Waals surface area contributed by atoms with Crippen molar-refractivity contribution in [3.05, 3.63) is 48.7 Å². The van der Waals surface area contributed by atoms with E-state index in [9.17, 15) is 4.79 Å². The molecule has 2 heteroatoms. The minimum absolute atomic E-state index is 0.164. The molecule has 0 fully saturated rings. The van der Waals surface area contributed by atoms with Crippen LogP contribution in [0, 0.1) is 0 Å². The number of hydrogen-bond acceptors (Lipinski definition) is 1. The lowest BCUT2D eigenvalue weighted by atomic mass is 10.1. The minimum atomic E-state index is 0.164. The quantitative estimate of drug-likeness (QED) is 0.655. The van der Waals surface area contributed by atoms with Gasteiger partial charge in [0.05, 0.1) is 6.54 Å². The van der Waals surface area contributed by atoms with Gasteiger partial charge >= 0.3 is 0 Å². The molecule has 92 valence electrons. The normalized spacial score (nSPS) is 9.94. The maximum Gasteiger partial charge on any atom is 0.226 e. The van der Waals surface area contributed by atoms with E-state index in [0.717, 1.165) is 24.8 Å². The topological polar surface area (TPSA) is 20.3 Å². The first-order valence-corrected chi connectivity index (χ1v) is 6.24. The zero-order valence-electron chi connectivity index (χ0n) is 10.6. The van der Waals surface area contributed by atoms with Gasteiger partial charge in [0.2, 0.25) is 5.91 Å². The molecule has 0 unspecified atom stereocenters. The largest absolute Gasteiger partial charge is 0.315 e. The Morgan fingerprint density at radius 2 is 2.00 bits per heavy atom. The highest BCUT2D eigenvalue weighted by Crippen LogP contribution is 2.08. The number of rotatable bonds is 7. The van der Waals surface area contributed by atoms with E-state index in [1.54, 1.807) is 11.1 Å². The standard InChI is InChI=1S/C15H21NO/c1-3-5-7-12-15(17)16(4-2)13-14-10-8-6-9-11-14/h4,6,8-11H,2-3,5,7,12-13H2,1H3. The van der Waals surface area contributed by atoms with Gasteiger partial charge in [-0.25, -0.2) is 0 Å². The lowest BCUT2D eigenvalue weighted by Gasteiger charge is -2.18. The average molecular weight is 231 g/mol. The minimum Gasteiger partial charge on any atom is -0.315 e. The first-order valence-electron chi connectivity index (χ1n) is 6.24. The van der Waals surface area contributed by atoms with E-state index in [1.807, 2.05) is 30.3 Å². The summed E-state index contributed by atoms with van der Waals surface area (Å²) in [5, 5.41) is 0. The summed E-state index contributed by atoms with van der Waals surface area (Å²) in [5.74, 6) is 0.164. The van der Waals surface area contributed by atoms with Gasteiger partial charge in [-0.1, -0.05) is 56.7 Å². The summed E-state index contributed by atoms with van der Waals surface area (Å²) >= 11 is 0. The smallest absolute Gasteiger partial charge is 0.226 e. The second kappa shape index (κ2) is 7.66. The molecule has 1 aromatic rings. The lowest BCUT2D eigenvalue weighted by Crippen LogP contribution is -2.24. The molecule has 0 aliphatic carbocycles. The highest BCUT2D eigenvalue weighted by atomic mass is 16.2. The third-order valence-electron chi connectivity index (χ3n) is 2.73. The molecular formula is C15H21NO. The molecule has 1 amide bonds. The summed E-state index contributed by atoms with van der Waals surface area (Å²) in [6, 6.07) is 9.99. The number of carbonyl (C=O) groups excluding carboxylic acids is 1. The third-order valence-corrected chi connectivity index (χ3v) is 2.73. The highest BCUT2D eigenvalue weighted by molar-refractivity contribution is 5.77. The van der Waals surface area contributed by atoms with Crippen LogP contribution in [0.4, 0.5) is 0 Å². The fourth-order valence-electron chi connectivity index (χ4n) is 1.70. The van der Waals surface area contributed by atoms with E-state index in [0.29, 0.717) is 13.0 Å². The van der Waals surface area contributed by atoms with Crippen LogP contribution in [0.15, 0.2) is 43.1 Å². The van der Waals surface area contributed by atoms with Crippen molar-refractivity contribution in [1.82, 2.24) is 4.90 Å². The molecule has 17 heavy (non-hydrogen) atoms. The van der Waals surface area contributed by atoms with Gasteiger partial charge in [-0.15, -0.1) is 0 Å². The van der Waals surface area contributed by atoms with Gasteiger partial charge in [0.15, 0.2) is 0 Å². The average Bonchev–Trinajstić information content (AvgIpc) is 2.37. The molecule has 1 rings (SSSR count). The Balaban J connectivity index is 2.48. The first kappa shape index (κ1) is 13.5. The van der Waals surface area contributed by atoms with Gasteiger partial charge in [0.1, 0.15) is 0 Å². The molecule has 1 aromatic carbocycles. The van der Waals surface area contributed by atoms with Gasteiger partial charge in [-0.3, -0.25) is 4.79 Å². The van der Waals surface area contributed by atoms with Crippen molar-refractivity contribution in [1.29, 1.82) is 0 Å². The van der Waals surface area contributed by atoms with Gasteiger partial charge in [-0.05, 0) is 18.2 Å². The van der Waals surface area contributed by atoms with Crippen LogP contribution in [0.2, 0.25) is 0 Å². The van der Waals surface area contributed by atoms with Gasteiger partial charge in [0.25, 0.3) is 0 Å². The monoisotopic (exact) mass is 231 g/mol. The third kappa shape index (κ3) is 4.85. The van der Waals surface area contributed by atoms with Crippen molar-refractivity contribution in [3.8, 4) is 0 Å². The Morgan fingerprint density at radius 3 is 2.59 bits per heavy atom. The molecule has 0 bridgehead atoms. The zero-order chi connectivity index (χ0) is 12.5. The Bertz CT molecular complexity index is 345. The molecule has 0 atom stereocenters. The van der Waals surface area contributed by atoms with Crippen LogP contribution in [-0.2, 0) is 11.3 Å². The molecule has 0 heterocycles. The second-order valence-corrected chi connectivity index (χ2v) is 4.15. The Kier molecular flexibility index (Phi) is 6.08. The lowest BCUT2D eigenvalue weighted by molar-refractivity contribution is -0.129. The number of hydrogen-bond donors (Lipinski definition) is 0. The zero-order valence-corrected chi connectivity index (χ0v) is 10.6. The van der Waals surface area contributed by atoms with E-state index < -0.39 is 0 Å². The SMILES string of the molecule is C=CN(Cc1ccccc1)C(=O)CCCCC. The molecule has 0 aliphatic rings. The number of amides is 1. The van der Waals surface area contributed by atoms with Crippen molar-refractivity contribution in [3.63, 3.8) is 0 Å². The first-order chi connectivity index (χ1) is 8.27. The van der Waals surface area contributed by atoms with Crippen molar-refractivity contribution in [2.75, 3.05) is 0 Å². The number of nitrogens with zero attached hydrogens (tertiary/aromatic N) is 1. The summed E-state index contributed by atoms with van der Waals surface area (Å²) in [4.78, 5) is 13.6. The van der Waals surface area contributed by atoms with E-state index in [1.165, 1.54) is 0 Å². The maximum absolute atomic E-state index is 11.9. The molecule has 0 spiro atoms. The molecule has 0 aliphatic heterocycles. The van der Waals surface area contributed by atoms with Crippen LogP contribution in [-0.4, -0.2) is 10.8 Å². The number of unbranched alkanes of at least 4 members (excludes halogenated alkanes) is 2. The van der Waals surface area contributed by atoms with Crippen LogP contribution >= 0.6 is 0 Å². The van der Waals surface area contributed by atoms with Crippen LogP contribution in [0.3, 0.4) is 0 Å². The second-order valence-electron chi connectivity index (χ2n) is 4.15. The van der Waals surface area contributed by atoms with E-state index >= 15 is 0 Å². The van der Waals surface area contributed by atoms with E-state index in [2.05, 4.69) is 13.5 Å². The summed E-state index contributed by atoms with van der Waals surface area (Å²) in [5.41, 5.74) is 1.14. The Hall–Kier alpha value is -1.57. The summed E-state index contributed by atoms with van der Waals surface area (Å²) in [7, 11) is 0. The summed E-state index contributed by atoms with van der Waals surface area (Å²) in [6.45, 7) is 6.47. The fraction of sp³-hybridized carbons (Fsp3) is 0.400. The Labute approximate surface area is 104 Å². The van der Waals surface area contributed by atoms with Crippen LogP contribution < -0.4 is 0 Å². The predicted octanol–water partition coefficient (Wildman–Crippen LogP) is 3.74. The maximum atomic E-state index is 11.9. The molecule has 0 saturated carbocycles. The van der Waals surface area contributed by atoms with Crippen LogP contribution in [0.5, 0.6) is 0 Å². The summed E-state index contributed by atoms with van der Waals surface area (Å²) in [6.07, 6.45) is 5.46. The number of carbonyl (C=O) groups is 1. The molecule has 0 saturated heterocycles. The van der Waals surface area contributed by atoms with Crippen LogP contribution in [0.1, 0.15) is 38.2 Å². The van der Waals surface area contributed by atoms with Gasteiger partial charge < -0.3 is 4.90 Å². The predicted molar refractivity (Wildman–Crippen MR) is 71.3 cm³/mol. The van der Waals surface area contributed by atoms with Crippen molar-refractivity contribution in [2.24, 2.45) is 0 Å². The fourth-order valence-corrected chi connectivity index (χ4v) is 1.70. The molecule has 0 radical (unpaired) electrons. The van der Waals surface area contributed by atoms with Gasteiger partial charge in [-0.2, -0.15) is 0 Å². The molecule has 0 aromatic heterocycles. The highest BCUT2D eigenvalue weighted by Gasteiger charge is 2.09. The van der Waals surface area contributed by atoms with Crippen LogP contribution in [0.25, 0.3) is 0 Å². The van der Waals surface area contributed by atoms with Crippen molar-refractivity contribution < 1.29 is 4.79 Å². The van der Waals surface area contributed by atoms with Crippen molar-refractivity contribution >= 4 is 5.91 Å². The van der Waals surface area contributed by atoms with E-state index in [4.69, 9.17) is 0 Å². The molecular weight excluding hydrogens is 210 g/mol. The summed E-state index contributed by atoms with van der Waals surface area (Å²) < 4.78 is 0. The molecule has 0 N–H and O–H groups in total. The van der Waals surface area contributed by atoms with Gasteiger partial charge in [0, 0.05) is 6.42 Å². The molecule has 2 nitrogen and oxygen atoms in total.